The lowest BCUT2D eigenvalue weighted by Gasteiger charge is -2.34. The molecular weight excluding hydrogens is 366 g/mol. The van der Waals surface area contributed by atoms with E-state index in [0.29, 0.717) is 12.3 Å². The first kappa shape index (κ1) is 22.3. The van der Waals surface area contributed by atoms with E-state index in [1.165, 1.54) is 44.3 Å². The number of rotatable bonds is 9. The molecule has 0 saturated carbocycles. The smallest absolute Gasteiger partial charge is 0.161 e. The van der Waals surface area contributed by atoms with Crippen molar-refractivity contribution in [2.45, 2.75) is 45.3 Å². The van der Waals surface area contributed by atoms with Crippen molar-refractivity contribution in [2.75, 3.05) is 66.1 Å². The summed E-state index contributed by atoms with van der Waals surface area (Å²) in [5.41, 5.74) is 1.26. The Balaban J connectivity index is 1.47. The molecule has 2 aliphatic rings. The number of likely N-dealkylation sites (tertiary alicyclic amines) is 1. The number of methoxy groups -OCH3 is 1. The molecule has 0 aromatic heterocycles. The summed E-state index contributed by atoms with van der Waals surface area (Å²) in [7, 11) is 1.68. The number of nitrogens with zero attached hydrogens (tertiary/aromatic N) is 3. The topological polar surface area (TPSA) is 48.4 Å². The summed E-state index contributed by atoms with van der Waals surface area (Å²) in [6.45, 7) is 11.8. The lowest BCUT2D eigenvalue weighted by atomic mass is 10.2. The van der Waals surface area contributed by atoms with Crippen molar-refractivity contribution in [1.29, 1.82) is 0 Å². The summed E-state index contributed by atoms with van der Waals surface area (Å²) in [6, 6.07) is 6.19. The first-order valence-corrected chi connectivity index (χ1v) is 11.3. The predicted octanol–water partition coefficient (Wildman–Crippen LogP) is 2.45. The van der Waals surface area contributed by atoms with Crippen molar-refractivity contribution >= 4 is 0 Å². The van der Waals surface area contributed by atoms with Gasteiger partial charge in [-0.15, -0.1) is 0 Å². The third-order valence-corrected chi connectivity index (χ3v) is 6.15. The fourth-order valence-electron chi connectivity index (χ4n) is 4.31. The molecule has 0 spiro atoms. The third-order valence-electron chi connectivity index (χ3n) is 6.15. The molecule has 164 valence electrons. The van der Waals surface area contributed by atoms with Crippen molar-refractivity contribution in [3.05, 3.63) is 23.8 Å². The van der Waals surface area contributed by atoms with Gasteiger partial charge in [0.25, 0.3) is 0 Å². The van der Waals surface area contributed by atoms with Crippen molar-refractivity contribution in [1.82, 2.24) is 14.7 Å². The van der Waals surface area contributed by atoms with Gasteiger partial charge in [-0.05, 0) is 50.2 Å². The van der Waals surface area contributed by atoms with Crippen LogP contribution >= 0.6 is 0 Å². The van der Waals surface area contributed by atoms with Crippen LogP contribution in [0.3, 0.4) is 0 Å². The Kier molecular flexibility index (Phi) is 9.05. The van der Waals surface area contributed by atoms with Gasteiger partial charge in [0, 0.05) is 39.3 Å². The molecule has 1 aromatic carbocycles. The summed E-state index contributed by atoms with van der Waals surface area (Å²) < 4.78 is 11.5. The van der Waals surface area contributed by atoms with E-state index < -0.39 is 6.10 Å². The highest BCUT2D eigenvalue weighted by Crippen LogP contribution is 2.29. The fraction of sp³-hybridized carbons (Fsp3) is 0.739. The molecular formula is C23H39N3O3. The minimum atomic E-state index is -0.496. The zero-order valence-corrected chi connectivity index (χ0v) is 18.3. The van der Waals surface area contributed by atoms with E-state index in [0.717, 1.165) is 45.0 Å². The molecule has 1 aromatic rings. The number of β-amino-alcohol motifs (C(OH)–C–C–N with tert-alkyl or cyclic N) is 1. The summed E-state index contributed by atoms with van der Waals surface area (Å²) >= 11 is 0. The van der Waals surface area contributed by atoms with Gasteiger partial charge in [-0.2, -0.15) is 0 Å². The van der Waals surface area contributed by atoms with Crippen LogP contribution < -0.4 is 9.47 Å². The number of piperazine rings is 1. The molecule has 2 fully saturated rings. The molecule has 3 rings (SSSR count). The van der Waals surface area contributed by atoms with Gasteiger partial charge in [-0.1, -0.05) is 25.8 Å². The molecule has 1 N–H and O–H groups in total. The average molecular weight is 406 g/mol. The Bertz CT molecular complexity index is 597. The Morgan fingerprint density at radius 1 is 0.897 bits per heavy atom. The maximum atomic E-state index is 10.4. The second-order valence-corrected chi connectivity index (χ2v) is 8.38. The van der Waals surface area contributed by atoms with E-state index in [9.17, 15) is 5.11 Å². The molecule has 0 aliphatic carbocycles. The van der Waals surface area contributed by atoms with Crippen LogP contribution in [-0.4, -0.2) is 92.0 Å². The van der Waals surface area contributed by atoms with E-state index in [1.54, 1.807) is 7.11 Å². The van der Waals surface area contributed by atoms with Gasteiger partial charge in [-0.3, -0.25) is 9.80 Å². The Morgan fingerprint density at radius 3 is 2.24 bits per heavy atom. The Morgan fingerprint density at radius 2 is 1.59 bits per heavy atom. The molecule has 0 unspecified atom stereocenters. The van der Waals surface area contributed by atoms with Crippen molar-refractivity contribution in [3.63, 3.8) is 0 Å². The molecule has 2 saturated heterocycles. The van der Waals surface area contributed by atoms with E-state index in [-0.39, 0.29) is 6.61 Å². The van der Waals surface area contributed by atoms with Crippen LogP contribution in [0, 0.1) is 0 Å². The van der Waals surface area contributed by atoms with E-state index in [1.807, 2.05) is 6.07 Å². The Labute approximate surface area is 176 Å². The van der Waals surface area contributed by atoms with Crippen LogP contribution in [0.25, 0.3) is 0 Å². The maximum Gasteiger partial charge on any atom is 0.161 e. The number of aliphatic hydroxyl groups is 1. The highest BCUT2D eigenvalue weighted by Gasteiger charge is 2.19. The third kappa shape index (κ3) is 7.14. The summed E-state index contributed by atoms with van der Waals surface area (Å²) in [4.78, 5) is 7.30. The number of ether oxygens (including phenoxy) is 2. The molecule has 1 atom stereocenters. The highest BCUT2D eigenvalue weighted by atomic mass is 16.5. The predicted molar refractivity (Wildman–Crippen MR) is 117 cm³/mol. The quantitative estimate of drug-likeness (QED) is 0.681. The minimum Gasteiger partial charge on any atom is -0.493 e. The van der Waals surface area contributed by atoms with Crippen LogP contribution in [0.1, 0.15) is 38.2 Å². The molecule has 0 radical (unpaired) electrons. The molecule has 6 heteroatoms. The van der Waals surface area contributed by atoms with Gasteiger partial charge in [0.1, 0.15) is 12.7 Å². The summed E-state index contributed by atoms with van der Waals surface area (Å²) in [6.07, 6.45) is 4.80. The monoisotopic (exact) mass is 405 g/mol. The number of hydrogen-bond donors (Lipinski definition) is 1. The van der Waals surface area contributed by atoms with Crippen molar-refractivity contribution < 1.29 is 14.6 Å². The highest BCUT2D eigenvalue weighted by molar-refractivity contribution is 5.43. The molecule has 2 heterocycles. The number of hydrogen-bond acceptors (Lipinski definition) is 6. The van der Waals surface area contributed by atoms with Gasteiger partial charge in [-0.25, -0.2) is 0 Å². The first-order chi connectivity index (χ1) is 14.2. The van der Waals surface area contributed by atoms with Crippen LogP contribution in [0.4, 0.5) is 0 Å². The minimum absolute atomic E-state index is 0.288. The lowest BCUT2D eigenvalue weighted by molar-refractivity contribution is 0.0464. The Hall–Kier alpha value is -1.34. The zero-order valence-electron chi connectivity index (χ0n) is 18.3. The molecule has 0 bridgehead atoms. The normalized spacial score (nSPS) is 20.9. The van der Waals surface area contributed by atoms with Gasteiger partial charge in [0.15, 0.2) is 11.5 Å². The van der Waals surface area contributed by atoms with Crippen LogP contribution in [0.2, 0.25) is 0 Å². The molecule has 2 aliphatic heterocycles. The molecule has 29 heavy (non-hydrogen) atoms. The number of likely N-dealkylation sites (N-methyl/N-ethyl adjacent to an activating group) is 1. The maximum absolute atomic E-state index is 10.4. The second-order valence-electron chi connectivity index (χ2n) is 8.38. The largest absolute Gasteiger partial charge is 0.493 e. The first-order valence-electron chi connectivity index (χ1n) is 11.3. The summed E-state index contributed by atoms with van der Waals surface area (Å²) in [5, 5.41) is 10.4. The summed E-state index contributed by atoms with van der Waals surface area (Å²) in [5.74, 6) is 1.46. The van der Waals surface area contributed by atoms with E-state index >= 15 is 0 Å². The number of aliphatic hydroxyl groups excluding tert-OH is 1. The molecule has 6 nitrogen and oxygen atoms in total. The molecule has 0 amide bonds. The van der Waals surface area contributed by atoms with Gasteiger partial charge >= 0.3 is 0 Å². The standard InChI is InChI=1S/C23H39N3O3/c1-3-24-12-14-26(15-13-24)18-21(27)19-29-22-9-8-20(16-23(22)28-2)17-25-10-6-4-5-7-11-25/h8-9,16,21,27H,3-7,10-15,17-19H2,1-2H3/t21-/m1/s1. The van der Waals surface area contributed by atoms with E-state index in [2.05, 4.69) is 33.8 Å². The van der Waals surface area contributed by atoms with Crippen molar-refractivity contribution in [3.8, 4) is 11.5 Å². The average Bonchev–Trinajstić information content (AvgIpc) is 3.02. The van der Waals surface area contributed by atoms with Crippen molar-refractivity contribution in [2.24, 2.45) is 0 Å². The van der Waals surface area contributed by atoms with Gasteiger partial charge in [0.05, 0.1) is 7.11 Å². The van der Waals surface area contributed by atoms with Crippen LogP contribution in [0.5, 0.6) is 11.5 Å². The number of benzene rings is 1. The van der Waals surface area contributed by atoms with Gasteiger partial charge in [0.2, 0.25) is 0 Å². The van der Waals surface area contributed by atoms with E-state index in [4.69, 9.17) is 9.47 Å². The zero-order chi connectivity index (χ0) is 20.5. The fourth-order valence-corrected chi connectivity index (χ4v) is 4.31. The second kappa shape index (κ2) is 11.7. The lowest BCUT2D eigenvalue weighted by Crippen LogP contribution is -2.49. The van der Waals surface area contributed by atoms with Crippen LogP contribution in [0.15, 0.2) is 18.2 Å². The van der Waals surface area contributed by atoms with Gasteiger partial charge < -0.3 is 19.5 Å². The SMILES string of the molecule is CCN1CCN(C[C@@H](O)COc2ccc(CN3CCCCCC3)cc2OC)CC1. The van der Waals surface area contributed by atoms with Crippen LogP contribution in [-0.2, 0) is 6.54 Å².